The van der Waals surface area contributed by atoms with Gasteiger partial charge in [0, 0.05) is 0 Å². The molecule has 1 aromatic rings. The van der Waals surface area contributed by atoms with Crippen molar-refractivity contribution in [1.82, 2.24) is 0 Å². The van der Waals surface area contributed by atoms with E-state index in [1.54, 1.807) is 27.7 Å². The molecule has 0 saturated heterocycles. The highest BCUT2D eigenvalue weighted by molar-refractivity contribution is 5.78. The number of hydrogen-bond donors (Lipinski definition) is 0. The molecule has 0 unspecified atom stereocenters. The molecule has 0 heterocycles. The Morgan fingerprint density at radius 3 is 2.05 bits per heavy atom. The summed E-state index contributed by atoms with van der Waals surface area (Å²) in [5.41, 5.74) is 0. The number of hydrogen-bond acceptors (Lipinski definition) is 4. The Kier molecular flexibility index (Phi) is 5.03. The standard InChI is InChI=1S/C14H17FO4/c1-8(2)13(16)18-11-7-5-6-10(15)12(11)19-14(17)9(3)4/h5-9H,1-4H3. The number of rotatable bonds is 4. The molecule has 0 radical (unpaired) electrons. The summed E-state index contributed by atoms with van der Waals surface area (Å²) in [6.07, 6.45) is 0. The summed E-state index contributed by atoms with van der Waals surface area (Å²) in [6, 6.07) is 3.90. The Labute approximate surface area is 111 Å². The van der Waals surface area contributed by atoms with Crippen LogP contribution in [0.15, 0.2) is 18.2 Å². The van der Waals surface area contributed by atoms with Crippen LogP contribution in [0, 0.1) is 17.7 Å². The molecule has 0 aliphatic carbocycles. The first-order valence-electron chi connectivity index (χ1n) is 6.04. The van der Waals surface area contributed by atoms with Gasteiger partial charge in [0.15, 0.2) is 11.6 Å². The molecular formula is C14H17FO4. The molecule has 0 aliphatic heterocycles. The van der Waals surface area contributed by atoms with Gasteiger partial charge in [0.1, 0.15) is 0 Å². The minimum Gasteiger partial charge on any atom is -0.422 e. The Morgan fingerprint density at radius 2 is 1.53 bits per heavy atom. The Bertz CT molecular complexity index is 480. The van der Waals surface area contributed by atoms with Gasteiger partial charge in [-0.15, -0.1) is 0 Å². The van der Waals surface area contributed by atoms with Gasteiger partial charge in [-0.1, -0.05) is 33.8 Å². The average Bonchev–Trinajstić information content (AvgIpc) is 2.32. The maximum atomic E-state index is 13.7. The van der Waals surface area contributed by atoms with Gasteiger partial charge >= 0.3 is 11.9 Å². The zero-order chi connectivity index (χ0) is 14.6. The Balaban J connectivity index is 3.02. The van der Waals surface area contributed by atoms with Crippen LogP contribution in [-0.2, 0) is 9.59 Å². The van der Waals surface area contributed by atoms with Crippen molar-refractivity contribution in [2.24, 2.45) is 11.8 Å². The first kappa shape index (κ1) is 15.1. The van der Waals surface area contributed by atoms with E-state index in [2.05, 4.69) is 0 Å². The lowest BCUT2D eigenvalue weighted by atomic mass is 10.2. The largest absolute Gasteiger partial charge is 0.422 e. The zero-order valence-corrected chi connectivity index (χ0v) is 11.4. The molecule has 0 amide bonds. The fourth-order valence-electron chi connectivity index (χ4n) is 1.11. The maximum Gasteiger partial charge on any atom is 0.313 e. The number of ether oxygens (including phenoxy) is 2. The van der Waals surface area contributed by atoms with E-state index in [4.69, 9.17) is 9.47 Å². The van der Waals surface area contributed by atoms with E-state index in [1.165, 1.54) is 12.1 Å². The van der Waals surface area contributed by atoms with Crippen LogP contribution in [-0.4, -0.2) is 11.9 Å². The third-order valence-electron chi connectivity index (χ3n) is 2.29. The summed E-state index contributed by atoms with van der Waals surface area (Å²) >= 11 is 0. The minimum absolute atomic E-state index is 0.0901. The van der Waals surface area contributed by atoms with Gasteiger partial charge in [0.2, 0.25) is 5.75 Å². The van der Waals surface area contributed by atoms with Crippen molar-refractivity contribution >= 4 is 11.9 Å². The summed E-state index contributed by atoms with van der Waals surface area (Å²) in [4.78, 5) is 23.0. The van der Waals surface area contributed by atoms with Gasteiger partial charge in [-0.3, -0.25) is 9.59 Å². The minimum atomic E-state index is -0.747. The van der Waals surface area contributed by atoms with Gasteiger partial charge in [0.25, 0.3) is 0 Å². The van der Waals surface area contributed by atoms with Crippen LogP contribution in [0.5, 0.6) is 11.5 Å². The van der Waals surface area contributed by atoms with E-state index in [0.717, 1.165) is 6.07 Å². The predicted molar refractivity (Wildman–Crippen MR) is 67.3 cm³/mol. The van der Waals surface area contributed by atoms with Crippen LogP contribution < -0.4 is 9.47 Å². The van der Waals surface area contributed by atoms with Crippen LogP contribution in [0.1, 0.15) is 27.7 Å². The molecule has 0 bridgehead atoms. The molecule has 1 aromatic carbocycles. The lowest BCUT2D eigenvalue weighted by Crippen LogP contribution is -2.19. The fraction of sp³-hybridized carbons (Fsp3) is 0.429. The summed E-state index contributed by atoms with van der Waals surface area (Å²) < 4.78 is 23.6. The molecule has 0 saturated carbocycles. The second kappa shape index (κ2) is 6.31. The normalized spacial score (nSPS) is 10.7. The van der Waals surface area contributed by atoms with E-state index in [9.17, 15) is 14.0 Å². The van der Waals surface area contributed by atoms with E-state index < -0.39 is 23.7 Å². The molecule has 104 valence electrons. The van der Waals surface area contributed by atoms with Crippen molar-refractivity contribution in [2.45, 2.75) is 27.7 Å². The predicted octanol–water partition coefficient (Wildman–Crippen LogP) is 2.95. The first-order chi connectivity index (χ1) is 8.82. The van der Waals surface area contributed by atoms with Crippen molar-refractivity contribution < 1.29 is 23.5 Å². The second-order valence-electron chi connectivity index (χ2n) is 4.72. The molecule has 0 fully saturated rings. The molecule has 0 aromatic heterocycles. The third kappa shape index (κ3) is 4.05. The van der Waals surface area contributed by atoms with Gasteiger partial charge in [-0.25, -0.2) is 4.39 Å². The van der Waals surface area contributed by atoms with Crippen molar-refractivity contribution in [3.05, 3.63) is 24.0 Å². The highest BCUT2D eigenvalue weighted by Crippen LogP contribution is 2.31. The maximum absolute atomic E-state index is 13.7. The molecule has 0 atom stereocenters. The lowest BCUT2D eigenvalue weighted by Gasteiger charge is -2.13. The summed E-state index contributed by atoms with van der Waals surface area (Å²) in [5, 5.41) is 0. The third-order valence-corrected chi connectivity index (χ3v) is 2.29. The van der Waals surface area contributed by atoms with E-state index in [-0.39, 0.29) is 17.4 Å². The van der Waals surface area contributed by atoms with Crippen LogP contribution in [0.4, 0.5) is 4.39 Å². The molecule has 0 spiro atoms. The van der Waals surface area contributed by atoms with Crippen LogP contribution in [0.3, 0.4) is 0 Å². The summed E-state index contributed by atoms with van der Waals surface area (Å²) in [6.45, 7) is 6.56. The monoisotopic (exact) mass is 268 g/mol. The molecular weight excluding hydrogens is 251 g/mol. The lowest BCUT2D eigenvalue weighted by molar-refractivity contribution is -0.140. The molecule has 0 aliphatic rings. The van der Waals surface area contributed by atoms with Crippen LogP contribution in [0.25, 0.3) is 0 Å². The highest BCUT2D eigenvalue weighted by Gasteiger charge is 2.20. The van der Waals surface area contributed by atoms with Gasteiger partial charge in [-0.05, 0) is 12.1 Å². The smallest absolute Gasteiger partial charge is 0.313 e. The quantitative estimate of drug-likeness (QED) is 0.622. The van der Waals surface area contributed by atoms with E-state index >= 15 is 0 Å². The van der Waals surface area contributed by atoms with Gasteiger partial charge < -0.3 is 9.47 Å². The topological polar surface area (TPSA) is 52.6 Å². The Morgan fingerprint density at radius 1 is 1.00 bits per heavy atom. The molecule has 4 nitrogen and oxygen atoms in total. The van der Waals surface area contributed by atoms with Gasteiger partial charge in [0.05, 0.1) is 11.8 Å². The van der Waals surface area contributed by atoms with Crippen molar-refractivity contribution in [2.75, 3.05) is 0 Å². The molecule has 0 N–H and O–H groups in total. The number of para-hydroxylation sites is 1. The van der Waals surface area contributed by atoms with Crippen molar-refractivity contribution in [1.29, 1.82) is 0 Å². The zero-order valence-electron chi connectivity index (χ0n) is 11.4. The van der Waals surface area contributed by atoms with Crippen LogP contribution in [0.2, 0.25) is 0 Å². The summed E-state index contributed by atoms with van der Waals surface area (Å²) in [5.74, 6) is -3.07. The molecule has 19 heavy (non-hydrogen) atoms. The van der Waals surface area contributed by atoms with Crippen molar-refractivity contribution in [3.63, 3.8) is 0 Å². The van der Waals surface area contributed by atoms with Gasteiger partial charge in [-0.2, -0.15) is 0 Å². The Hall–Kier alpha value is -1.91. The SMILES string of the molecule is CC(C)C(=O)Oc1cccc(F)c1OC(=O)C(C)C. The van der Waals surface area contributed by atoms with Crippen molar-refractivity contribution in [3.8, 4) is 11.5 Å². The number of halogens is 1. The second-order valence-corrected chi connectivity index (χ2v) is 4.72. The van der Waals surface area contributed by atoms with E-state index in [1.807, 2.05) is 0 Å². The van der Waals surface area contributed by atoms with Crippen LogP contribution >= 0.6 is 0 Å². The average molecular weight is 268 g/mol. The highest BCUT2D eigenvalue weighted by atomic mass is 19.1. The molecule has 5 heteroatoms. The number of carbonyl (C=O) groups excluding carboxylic acids is 2. The first-order valence-corrected chi connectivity index (χ1v) is 6.04. The van der Waals surface area contributed by atoms with E-state index in [0.29, 0.717) is 0 Å². The number of carbonyl (C=O) groups is 2. The fourth-order valence-corrected chi connectivity index (χ4v) is 1.11. The number of esters is 2. The summed E-state index contributed by atoms with van der Waals surface area (Å²) in [7, 11) is 0. The number of benzene rings is 1. The molecule has 1 rings (SSSR count).